The third kappa shape index (κ3) is 3.00. The lowest BCUT2D eigenvalue weighted by Gasteiger charge is -2.38. The molecule has 1 aliphatic heterocycles. The van der Waals surface area contributed by atoms with E-state index in [0.717, 1.165) is 43.1 Å². The predicted octanol–water partition coefficient (Wildman–Crippen LogP) is 2.67. The summed E-state index contributed by atoms with van der Waals surface area (Å²) < 4.78 is 0. The molecule has 1 aromatic heterocycles. The summed E-state index contributed by atoms with van der Waals surface area (Å²) >= 11 is 6.01. The van der Waals surface area contributed by atoms with Crippen LogP contribution in [0.2, 0.25) is 5.15 Å². The number of nitrogens with zero attached hydrogens (tertiary/aromatic N) is 4. The summed E-state index contributed by atoms with van der Waals surface area (Å²) in [5, 5.41) is 8.84. The lowest BCUT2D eigenvalue weighted by molar-refractivity contribution is 0.192. The molecule has 1 saturated heterocycles. The van der Waals surface area contributed by atoms with Crippen molar-refractivity contribution in [1.82, 2.24) is 15.1 Å². The standard InChI is InChI=1S/C14H23ClN4/c1-5-10(2)18-6-8-19(9-7-18)14-12(4)11(3)13(15)16-17-14/h10H,5-9H2,1-4H3. The fourth-order valence-corrected chi connectivity index (χ4v) is 2.68. The van der Waals surface area contributed by atoms with E-state index in [-0.39, 0.29) is 0 Å². The van der Waals surface area contributed by atoms with Gasteiger partial charge < -0.3 is 4.90 Å². The highest BCUT2D eigenvalue weighted by atomic mass is 35.5. The normalized spacial score (nSPS) is 18.7. The average Bonchev–Trinajstić information content (AvgIpc) is 2.44. The van der Waals surface area contributed by atoms with Gasteiger partial charge in [0, 0.05) is 32.2 Å². The lowest BCUT2D eigenvalue weighted by Crippen LogP contribution is -2.50. The molecule has 106 valence electrons. The highest BCUT2D eigenvalue weighted by Gasteiger charge is 2.23. The van der Waals surface area contributed by atoms with Crippen molar-refractivity contribution >= 4 is 17.4 Å². The van der Waals surface area contributed by atoms with Crippen LogP contribution in [0.25, 0.3) is 0 Å². The van der Waals surface area contributed by atoms with Gasteiger partial charge in [-0.3, -0.25) is 4.90 Å². The summed E-state index contributed by atoms with van der Waals surface area (Å²) in [6, 6.07) is 0.668. The molecule has 2 heterocycles. The number of aromatic nitrogens is 2. The third-order valence-electron chi connectivity index (χ3n) is 4.27. The number of hydrogen-bond acceptors (Lipinski definition) is 4. The topological polar surface area (TPSA) is 32.3 Å². The molecule has 1 aromatic rings. The van der Waals surface area contributed by atoms with Gasteiger partial charge in [-0.15, -0.1) is 10.2 Å². The molecule has 1 atom stereocenters. The Labute approximate surface area is 120 Å². The monoisotopic (exact) mass is 282 g/mol. The molecule has 0 bridgehead atoms. The maximum absolute atomic E-state index is 6.01. The van der Waals surface area contributed by atoms with Crippen LogP contribution in [0, 0.1) is 13.8 Å². The molecule has 0 radical (unpaired) electrons. The van der Waals surface area contributed by atoms with E-state index in [9.17, 15) is 0 Å². The minimum Gasteiger partial charge on any atom is -0.352 e. The van der Waals surface area contributed by atoms with Gasteiger partial charge in [0.1, 0.15) is 0 Å². The third-order valence-corrected chi connectivity index (χ3v) is 4.63. The minimum absolute atomic E-state index is 0.513. The number of anilines is 1. The smallest absolute Gasteiger partial charge is 0.155 e. The van der Waals surface area contributed by atoms with Crippen LogP contribution in [-0.4, -0.2) is 47.3 Å². The van der Waals surface area contributed by atoms with E-state index in [4.69, 9.17) is 11.6 Å². The molecule has 0 aromatic carbocycles. The minimum atomic E-state index is 0.513. The van der Waals surface area contributed by atoms with Crippen LogP contribution in [0.1, 0.15) is 31.4 Å². The first-order valence-corrected chi connectivity index (χ1v) is 7.40. The van der Waals surface area contributed by atoms with Gasteiger partial charge in [-0.2, -0.15) is 0 Å². The van der Waals surface area contributed by atoms with E-state index in [1.54, 1.807) is 0 Å². The molecule has 0 spiro atoms. The van der Waals surface area contributed by atoms with Crippen LogP contribution in [0.15, 0.2) is 0 Å². The molecule has 2 rings (SSSR count). The lowest BCUT2D eigenvalue weighted by atomic mass is 10.1. The summed E-state index contributed by atoms with van der Waals surface area (Å²) in [6.45, 7) is 12.8. The Kier molecular flexibility index (Phi) is 4.63. The Balaban J connectivity index is 2.08. The first-order valence-electron chi connectivity index (χ1n) is 7.03. The summed E-state index contributed by atoms with van der Waals surface area (Å²) in [6.07, 6.45) is 1.21. The van der Waals surface area contributed by atoms with E-state index < -0.39 is 0 Å². The van der Waals surface area contributed by atoms with Crippen molar-refractivity contribution < 1.29 is 0 Å². The van der Waals surface area contributed by atoms with Crippen molar-refractivity contribution in [3.8, 4) is 0 Å². The Morgan fingerprint density at radius 3 is 2.32 bits per heavy atom. The number of rotatable bonds is 3. The number of halogens is 1. The van der Waals surface area contributed by atoms with E-state index in [2.05, 4.69) is 40.8 Å². The van der Waals surface area contributed by atoms with Crippen LogP contribution < -0.4 is 4.90 Å². The molecule has 0 amide bonds. The molecular formula is C14H23ClN4. The van der Waals surface area contributed by atoms with Crippen molar-refractivity contribution in [2.75, 3.05) is 31.1 Å². The molecule has 0 aliphatic carbocycles. The maximum Gasteiger partial charge on any atom is 0.155 e. The average molecular weight is 283 g/mol. The molecule has 1 aliphatic rings. The van der Waals surface area contributed by atoms with Crippen LogP contribution in [0.5, 0.6) is 0 Å². The van der Waals surface area contributed by atoms with Gasteiger partial charge in [0.25, 0.3) is 0 Å². The van der Waals surface area contributed by atoms with E-state index in [1.807, 2.05) is 6.92 Å². The zero-order valence-corrected chi connectivity index (χ0v) is 13.0. The van der Waals surface area contributed by atoms with Crippen molar-refractivity contribution in [3.05, 3.63) is 16.3 Å². The van der Waals surface area contributed by atoms with Gasteiger partial charge in [0.15, 0.2) is 11.0 Å². The van der Waals surface area contributed by atoms with Gasteiger partial charge in [-0.1, -0.05) is 18.5 Å². The van der Waals surface area contributed by atoms with Crippen LogP contribution in [-0.2, 0) is 0 Å². The summed E-state index contributed by atoms with van der Waals surface area (Å²) in [5.74, 6) is 0.991. The second-order valence-electron chi connectivity index (χ2n) is 5.34. The number of piperazine rings is 1. The molecule has 0 saturated carbocycles. The van der Waals surface area contributed by atoms with Crippen LogP contribution >= 0.6 is 11.6 Å². The van der Waals surface area contributed by atoms with E-state index in [0.29, 0.717) is 11.2 Å². The first kappa shape index (κ1) is 14.5. The SMILES string of the molecule is CCC(C)N1CCN(c2nnc(Cl)c(C)c2C)CC1. The van der Waals surface area contributed by atoms with Crippen molar-refractivity contribution in [2.24, 2.45) is 0 Å². The summed E-state index contributed by atoms with van der Waals surface area (Å²) in [4.78, 5) is 4.87. The van der Waals surface area contributed by atoms with Crippen molar-refractivity contribution in [3.63, 3.8) is 0 Å². The Hall–Kier alpha value is -0.870. The first-order chi connectivity index (χ1) is 9.04. The zero-order valence-electron chi connectivity index (χ0n) is 12.3. The molecule has 1 fully saturated rings. The second-order valence-corrected chi connectivity index (χ2v) is 5.70. The van der Waals surface area contributed by atoms with Crippen LogP contribution in [0.3, 0.4) is 0 Å². The molecule has 1 unspecified atom stereocenters. The van der Waals surface area contributed by atoms with E-state index >= 15 is 0 Å². The van der Waals surface area contributed by atoms with E-state index in [1.165, 1.54) is 6.42 Å². The molecular weight excluding hydrogens is 260 g/mol. The Morgan fingerprint density at radius 1 is 1.11 bits per heavy atom. The largest absolute Gasteiger partial charge is 0.352 e. The summed E-state index contributed by atoms with van der Waals surface area (Å²) in [5.41, 5.74) is 2.19. The molecule has 0 N–H and O–H groups in total. The van der Waals surface area contributed by atoms with Gasteiger partial charge in [-0.05, 0) is 38.3 Å². The molecule has 4 nitrogen and oxygen atoms in total. The van der Waals surface area contributed by atoms with Crippen molar-refractivity contribution in [2.45, 2.75) is 40.2 Å². The predicted molar refractivity (Wildman–Crippen MR) is 80.1 cm³/mol. The fourth-order valence-electron chi connectivity index (χ4n) is 2.50. The Morgan fingerprint density at radius 2 is 1.74 bits per heavy atom. The van der Waals surface area contributed by atoms with Crippen molar-refractivity contribution in [1.29, 1.82) is 0 Å². The Bertz CT molecular complexity index is 441. The number of hydrogen-bond donors (Lipinski definition) is 0. The molecule has 19 heavy (non-hydrogen) atoms. The van der Waals surface area contributed by atoms with Gasteiger partial charge in [0.2, 0.25) is 0 Å². The highest BCUT2D eigenvalue weighted by Crippen LogP contribution is 2.24. The zero-order chi connectivity index (χ0) is 14.0. The van der Waals surface area contributed by atoms with Gasteiger partial charge in [-0.25, -0.2) is 0 Å². The van der Waals surface area contributed by atoms with Gasteiger partial charge >= 0.3 is 0 Å². The quantitative estimate of drug-likeness (QED) is 0.853. The van der Waals surface area contributed by atoms with Gasteiger partial charge in [0.05, 0.1) is 0 Å². The highest BCUT2D eigenvalue weighted by molar-refractivity contribution is 6.30. The fraction of sp³-hybridized carbons (Fsp3) is 0.714. The van der Waals surface area contributed by atoms with Crippen LogP contribution in [0.4, 0.5) is 5.82 Å². The second kappa shape index (κ2) is 6.06. The summed E-state index contributed by atoms with van der Waals surface area (Å²) in [7, 11) is 0. The molecule has 5 heteroatoms. The maximum atomic E-state index is 6.01.